The van der Waals surface area contributed by atoms with Crippen LogP contribution in [-0.2, 0) is 26.2 Å². The Morgan fingerprint density at radius 1 is 1.06 bits per heavy atom. The quantitative estimate of drug-likeness (QED) is 0.500. The van der Waals surface area contributed by atoms with Crippen LogP contribution in [0, 0.1) is 12.8 Å². The largest absolute Gasteiger partial charge is 0.354 e. The molecular formula is C24H31Cl2N3O4S. The zero-order valence-corrected chi connectivity index (χ0v) is 22.3. The third kappa shape index (κ3) is 7.61. The van der Waals surface area contributed by atoms with Crippen molar-refractivity contribution >= 4 is 50.7 Å². The lowest BCUT2D eigenvalue weighted by Crippen LogP contribution is -2.51. The second-order valence-electron chi connectivity index (χ2n) is 8.63. The molecule has 0 fully saturated rings. The van der Waals surface area contributed by atoms with E-state index in [1.54, 1.807) is 6.92 Å². The number of carbonyl (C=O) groups is 2. The zero-order valence-electron chi connectivity index (χ0n) is 20.0. The minimum atomic E-state index is -3.87. The number of aryl methyl sites for hydroxylation is 1. The lowest BCUT2D eigenvalue weighted by atomic mass is 10.1. The van der Waals surface area contributed by atoms with E-state index in [1.807, 2.05) is 45.0 Å². The standard InChI is InChI=1S/C24H31Cl2N3O4S/c1-16(2)13-27-24(31)18(4)28(14-19-9-7-6-8-17(19)3)23(30)15-29(34(5,32)33)22-11-10-20(25)12-21(22)26/h6-12,16,18H,13-15H2,1-5H3,(H,27,31)/t18-/m1/s1. The number of halogens is 2. The first-order valence-corrected chi connectivity index (χ1v) is 13.5. The molecule has 2 rings (SSSR count). The molecule has 0 unspecified atom stereocenters. The molecule has 10 heteroatoms. The Hall–Kier alpha value is -2.29. The van der Waals surface area contributed by atoms with Gasteiger partial charge in [-0.3, -0.25) is 13.9 Å². The normalized spacial score (nSPS) is 12.4. The summed E-state index contributed by atoms with van der Waals surface area (Å²) in [5.74, 6) is -0.609. The van der Waals surface area contributed by atoms with Gasteiger partial charge in [0.25, 0.3) is 0 Å². The van der Waals surface area contributed by atoms with E-state index in [0.29, 0.717) is 11.6 Å². The van der Waals surface area contributed by atoms with Gasteiger partial charge in [-0.15, -0.1) is 0 Å². The number of amides is 2. The SMILES string of the molecule is Cc1ccccc1CN(C(=O)CN(c1ccc(Cl)cc1Cl)S(C)(=O)=O)[C@H](C)C(=O)NCC(C)C. The fraction of sp³-hybridized carbons (Fsp3) is 0.417. The summed E-state index contributed by atoms with van der Waals surface area (Å²) in [6.07, 6.45) is 0.996. The molecule has 1 N–H and O–H groups in total. The summed E-state index contributed by atoms with van der Waals surface area (Å²) in [5.41, 5.74) is 1.94. The molecule has 0 saturated heterocycles. The highest BCUT2D eigenvalue weighted by Crippen LogP contribution is 2.30. The topological polar surface area (TPSA) is 86.8 Å². The van der Waals surface area contributed by atoms with E-state index in [2.05, 4.69) is 5.32 Å². The molecular weight excluding hydrogens is 497 g/mol. The van der Waals surface area contributed by atoms with Crippen molar-refractivity contribution in [3.63, 3.8) is 0 Å². The molecule has 2 aromatic rings. The molecule has 0 aromatic heterocycles. The van der Waals surface area contributed by atoms with Crippen molar-refractivity contribution in [2.75, 3.05) is 23.7 Å². The van der Waals surface area contributed by atoms with Gasteiger partial charge in [-0.2, -0.15) is 0 Å². The molecule has 34 heavy (non-hydrogen) atoms. The number of rotatable bonds is 10. The maximum Gasteiger partial charge on any atom is 0.244 e. The number of carbonyl (C=O) groups excluding carboxylic acids is 2. The first-order valence-electron chi connectivity index (χ1n) is 10.9. The Labute approximate surface area is 212 Å². The maximum atomic E-state index is 13.5. The van der Waals surface area contributed by atoms with Gasteiger partial charge in [-0.05, 0) is 49.1 Å². The Bertz CT molecular complexity index is 1140. The van der Waals surface area contributed by atoms with Crippen LogP contribution in [0.4, 0.5) is 5.69 Å². The third-order valence-corrected chi connectivity index (χ3v) is 6.98. The lowest BCUT2D eigenvalue weighted by molar-refractivity contribution is -0.139. The Morgan fingerprint density at radius 3 is 2.26 bits per heavy atom. The van der Waals surface area contributed by atoms with Gasteiger partial charge in [0.15, 0.2) is 0 Å². The van der Waals surface area contributed by atoms with Crippen LogP contribution in [-0.4, -0.2) is 50.5 Å². The smallest absolute Gasteiger partial charge is 0.244 e. The van der Waals surface area contributed by atoms with Crippen LogP contribution in [0.1, 0.15) is 31.9 Å². The van der Waals surface area contributed by atoms with E-state index in [9.17, 15) is 18.0 Å². The Balaban J connectivity index is 2.41. The van der Waals surface area contributed by atoms with Gasteiger partial charge in [-0.25, -0.2) is 8.42 Å². The van der Waals surface area contributed by atoms with Gasteiger partial charge in [0.1, 0.15) is 12.6 Å². The van der Waals surface area contributed by atoms with Crippen LogP contribution in [0.5, 0.6) is 0 Å². The molecule has 0 aliphatic heterocycles. The molecule has 0 radical (unpaired) electrons. The summed E-state index contributed by atoms with van der Waals surface area (Å²) < 4.78 is 26.1. The monoisotopic (exact) mass is 527 g/mol. The van der Waals surface area contributed by atoms with E-state index in [1.165, 1.54) is 23.1 Å². The van der Waals surface area contributed by atoms with Gasteiger partial charge in [0.2, 0.25) is 21.8 Å². The molecule has 0 aliphatic rings. The molecule has 0 bridgehead atoms. The number of hydrogen-bond acceptors (Lipinski definition) is 4. The number of sulfonamides is 1. The van der Waals surface area contributed by atoms with Crippen LogP contribution in [0.3, 0.4) is 0 Å². The third-order valence-electron chi connectivity index (χ3n) is 5.31. The molecule has 186 valence electrons. The summed E-state index contributed by atoms with van der Waals surface area (Å²) >= 11 is 12.2. The molecule has 2 amide bonds. The second kappa shape index (κ2) is 11.9. The summed E-state index contributed by atoms with van der Waals surface area (Å²) in [5, 5.41) is 3.28. The zero-order chi connectivity index (χ0) is 25.6. The van der Waals surface area contributed by atoms with Gasteiger partial charge >= 0.3 is 0 Å². The fourth-order valence-corrected chi connectivity index (χ4v) is 4.71. The molecule has 1 atom stereocenters. The molecule has 7 nitrogen and oxygen atoms in total. The minimum Gasteiger partial charge on any atom is -0.354 e. The minimum absolute atomic E-state index is 0.0962. The van der Waals surface area contributed by atoms with Crippen molar-refractivity contribution in [1.82, 2.24) is 10.2 Å². The van der Waals surface area contributed by atoms with E-state index in [-0.39, 0.29) is 29.1 Å². The van der Waals surface area contributed by atoms with Crippen molar-refractivity contribution < 1.29 is 18.0 Å². The molecule has 0 saturated carbocycles. The van der Waals surface area contributed by atoms with Crippen LogP contribution >= 0.6 is 23.2 Å². The maximum absolute atomic E-state index is 13.5. The highest BCUT2D eigenvalue weighted by molar-refractivity contribution is 7.92. The highest BCUT2D eigenvalue weighted by atomic mass is 35.5. The summed E-state index contributed by atoms with van der Waals surface area (Å²) in [7, 11) is -3.87. The average Bonchev–Trinajstić information content (AvgIpc) is 2.74. The predicted octanol–water partition coefficient (Wildman–Crippen LogP) is 4.26. The molecule has 0 heterocycles. The number of nitrogens with one attached hydrogen (secondary N) is 1. The summed E-state index contributed by atoms with van der Waals surface area (Å²) in [6, 6.07) is 11.1. The van der Waals surface area contributed by atoms with E-state index >= 15 is 0 Å². The fourth-order valence-electron chi connectivity index (χ4n) is 3.28. The molecule has 0 spiro atoms. The van der Waals surface area contributed by atoms with Crippen LogP contribution in [0.15, 0.2) is 42.5 Å². The van der Waals surface area contributed by atoms with Gasteiger partial charge in [-0.1, -0.05) is 61.3 Å². The number of benzene rings is 2. The first kappa shape index (κ1) is 28.0. The van der Waals surface area contributed by atoms with Crippen LogP contribution < -0.4 is 9.62 Å². The molecule has 0 aliphatic carbocycles. The highest BCUT2D eigenvalue weighted by Gasteiger charge is 2.31. The average molecular weight is 529 g/mol. The van der Waals surface area contributed by atoms with Gasteiger partial charge in [0.05, 0.1) is 17.0 Å². The predicted molar refractivity (Wildman–Crippen MR) is 138 cm³/mol. The first-order chi connectivity index (χ1) is 15.8. The van der Waals surface area contributed by atoms with Gasteiger partial charge < -0.3 is 10.2 Å². The number of nitrogens with zero attached hydrogens (tertiary/aromatic N) is 2. The van der Waals surface area contributed by atoms with Crippen molar-refractivity contribution in [2.24, 2.45) is 5.92 Å². The summed E-state index contributed by atoms with van der Waals surface area (Å²) in [4.78, 5) is 27.8. The van der Waals surface area contributed by atoms with E-state index < -0.39 is 28.5 Å². The van der Waals surface area contributed by atoms with Crippen molar-refractivity contribution in [1.29, 1.82) is 0 Å². The van der Waals surface area contributed by atoms with Gasteiger partial charge in [0, 0.05) is 18.1 Å². The summed E-state index contributed by atoms with van der Waals surface area (Å²) in [6.45, 7) is 7.58. The van der Waals surface area contributed by atoms with E-state index in [4.69, 9.17) is 23.2 Å². The molecule has 2 aromatic carbocycles. The number of anilines is 1. The Kier molecular flexibility index (Phi) is 9.79. The Morgan fingerprint density at radius 2 is 1.71 bits per heavy atom. The lowest BCUT2D eigenvalue weighted by Gasteiger charge is -2.32. The van der Waals surface area contributed by atoms with Crippen molar-refractivity contribution in [3.8, 4) is 0 Å². The van der Waals surface area contributed by atoms with E-state index in [0.717, 1.165) is 21.7 Å². The van der Waals surface area contributed by atoms with Crippen LogP contribution in [0.2, 0.25) is 10.0 Å². The van der Waals surface area contributed by atoms with Crippen LogP contribution in [0.25, 0.3) is 0 Å². The number of hydrogen-bond donors (Lipinski definition) is 1. The second-order valence-corrected chi connectivity index (χ2v) is 11.4. The van der Waals surface area contributed by atoms with Crippen molar-refractivity contribution in [2.45, 2.75) is 40.3 Å². The van der Waals surface area contributed by atoms with Crippen molar-refractivity contribution in [3.05, 3.63) is 63.6 Å².